The van der Waals surface area contributed by atoms with E-state index in [1.165, 1.54) is 0 Å². The fourth-order valence-electron chi connectivity index (χ4n) is 3.64. The van der Waals surface area contributed by atoms with E-state index >= 15 is 0 Å². The number of pyridine rings is 1. The molecule has 1 saturated heterocycles. The van der Waals surface area contributed by atoms with Crippen LogP contribution in [-0.2, 0) is 9.59 Å². The summed E-state index contributed by atoms with van der Waals surface area (Å²) in [4.78, 5) is 27.9. The van der Waals surface area contributed by atoms with Crippen LogP contribution in [0.4, 0.5) is 5.82 Å². The van der Waals surface area contributed by atoms with E-state index in [1.54, 1.807) is 6.26 Å². The Morgan fingerprint density at radius 2 is 1.80 bits per heavy atom. The molecule has 0 radical (unpaired) electrons. The van der Waals surface area contributed by atoms with Crippen molar-refractivity contribution >= 4 is 40.9 Å². The Kier molecular flexibility index (Phi) is 9.22. The van der Waals surface area contributed by atoms with E-state index in [9.17, 15) is 0 Å². The topological polar surface area (TPSA) is 137 Å². The molecule has 10 heteroatoms. The number of para-hydroxylation sites is 1. The van der Waals surface area contributed by atoms with Crippen molar-refractivity contribution in [3.8, 4) is 5.75 Å². The highest BCUT2D eigenvalue weighted by molar-refractivity contribution is 6.27. The van der Waals surface area contributed by atoms with Crippen molar-refractivity contribution in [3.05, 3.63) is 53.9 Å². The lowest BCUT2D eigenvalue weighted by molar-refractivity contribution is -0.159. The third kappa shape index (κ3) is 7.05. The van der Waals surface area contributed by atoms with Crippen molar-refractivity contribution in [3.63, 3.8) is 0 Å². The number of carboxylic acid groups (broad SMARTS) is 2. The van der Waals surface area contributed by atoms with Gasteiger partial charge < -0.3 is 34.3 Å². The van der Waals surface area contributed by atoms with Crippen LogP contribution in [0, 0.1) is 0 Å². The molecule has 1 aromatic carbocycles. The third-order valence-electron chi connectivity index (χ3n) is 5.44. The summed E-state index contributed by atoms with van der Waals surface area (Å²) in [5.74, 6) is -1.99. The number of carboxylic acids is 2. The molecular weight excluding hydrogens is 454 g/mol. The fourth-order valence-corrected chi connectivity index (χ4v) is 3.64. The first-order valence-electron chi connectivity index (χ1n) is 11.3. The standard InChI is InChI=1S/C23H27N3O3.C2H2O4/c1-2-25-10-12-26(13-11-25)23-22-19(9-15-29-22)17-20(24-23)8-7-18-5-3-4-6-21(18)28-16-14-27;3-1(4)2(5)6/h3-9,15,17,27H,2,10-14,16H2,1H3;(H,3,4)(H,5,6)/b8-7+;. The third-order valence-corrected chi connectivity index (χ3v) is 5.44. The largest absolute Gasteiger partial charge is 0.491 e. The number of benzene rings is 1. The molecule has 1 aliphatic rings. The summed E-state index contributed by atoms with van der Waals surface area (Å²) in [6.07, 6.45) is 5.72. The number of fused-ring (bicyclic) bond motifs is 1. The van der Waals surface area contributed by atoms with E-state index in [1.807, 2.05) is 48.6 Å². The van der Waals surface area contributed by atoms with E-state index < -0.39 is 11.9 Å². The zero-order valence-electron chi connectivity index (χ0n) is 19.5. The number of rotatable bonds is 7. The van der Waals surface area contributed by atoms with Gasteiger partial charge in [0.05, 0.1) is 18.6 Å². The summed E-state index contributed by atoms with van der Waals surface area (Å²) in [6.45, 7) is 7.52. The second-order valence-electron chi connectivity index (χ2n) is 7.68. The quantitative estimate of drug-likeness (QED) is 0.430. The van der Waals surface area contributed by atoms with Crippen molar-refractivity contribution < 1.29 is 34.1 Å². The molecule has 0 amide bonds. The monoisotopic (exact) mass is 483 g/mol. The number of piperazine rings is 1. The summed E-state index contributed by atoms with van der Waals surface area (Å²) in [5.41, 5.74) is 2.68. The van der Waals surface area contributed by atoms with Gasteiger partial charge in [-0.2, -0.15) is 0 Å². The maximum absolute atomic E-state index is 9.10. The Balaban J connectivity index is 0.000000509. The van der Waals surface area contributed by atoms with Crippen molar-refractivity contribution in [2.24, 2.45) is 0 Å². The zero-order valence-corrected chi connectivity index (χ0v) is 19.5. The second-order valence-corrected chi connectivity index (χ2v) is 7.68. The Morgan fingerprint density at radius 1 is 1.09 bits per heavy atom. The molecule has 0 bridgehead atoms. The first kappa shape index (κ1) is 25.7. The van der Waals surface area contributed by atoms with Gasteiger partial charge in [0.15, 0.2) is 11.4 Å². The Labute approximate surface area is 202 Å². The maximum Gasteiger partial charge on any atom is 0.414 e. The average Bonchev–Trinajstić information content (AvgIpc) is 3.35. The number of ether oxygens (including phenoxy) is 1. The first-order chi connectivity index (χ1) is 16.9. The van der Waals surface area contributed by atoms with Gasteiger partial charge in [-0.15, -0.1) is 0 Å². The lowest BCUT2D eigenvalue weighted by Gasteiger charge is -2.34. The highest BCUT2D eigenvalue weighted by Gasteiger charge is 2.20. The Hall–Kier alpha value is -3.89. The number of aromatic nitrogens is 1. The smallest absolute Gasteiger partial charge is 0.414 e. The summed E-state index contributed by atoms with van der Waals surface area (Å²) >= 11 is 0. The number of furan rings is 1. The summed E-state index contributed by atoms with van der Waals surface area (Å²) < 4.78 is 11.4. The zero-order chi connectivity index (χ0) is 25.2. The minimum Gasteiger partial charge on any atom is -0.491 e. The number of carbonyl (C=O) groups is 2. The normalized spacial score (nSPS) is 14.1. The molecule has 0 aliphatic carbocycles. The molecule has 4 rings (SSSR count). The molecule has 2 aromatic heterocycles. The number of aliphatic hydroxyl groups excluding tert-OH is 1. The SMILES string of the molecule is CCN1CCN(c2nc(/C=C/c3ccccc3OCCO)cc3ccoc23)CC1.O=C(O)C(=O)O. The fraction of sp³-hybridized carbons (Fsp3) is 0.320. The van der Waals surface area contributed by atoms with Gasteiger partial charge in [0.25, 0.3) is 0 Å². The molecule has 35 heavy (non-hydrogen) atoms. The van der Waals surface area contributed by atoms with Gasteiger partial charge in [0.2, 0.25) is 0 Å². The predicted molar refractivity (Wildman–Crippen MR) is 132 cm³/mol. The van der Waals surface area contributed by atoms with Crippen LogP contribution < -0.4 is 9.64 Å². The van der Waals surface area contributed by atoms with E-state index in [2.05, 4.69) is 16.7 Å². The molecule has 0 saturated carbocycles. The number of aliphatic hydroxyl groups is 1. The summed E-state index contributed by atoms with van der Waals surface area (Å²) in [7, 11) is 0. The number of anilines is 1. The predicted octanol–water partition coefficient (Wildman–Crippen LogP) is 2.67. The minimum atomic E-state index is -1.82. The van der Waals surface area contributed by atoms with Crippen molar-refractivity contribution in [1.82, 2.24) is 9.88 Å². The van der Waals surface area contributed by atoms with Crippen LogP contribution in [0.1, 0.15) is 18.2 Å². The van der Waals surface area contributed by atoms with Crippen molar-refractivity contribution in [2.45, 2.75) is 6.92 Å². The van der Waals surface area contributed by atoms with Gasteiger partial charge in [0.1, 0.15) is 12.4 Å². The lowest BCUT2D eigenvalue weighted by atomic mass is 10.1. The Morgan fingerprint density at radius 3 is 2.46 bits per heavy atom. The number of hydrogen-bond donors (Lipinski definition) is 3. The maximum atomic E-state index is 9.10. The molecule has 186 valence electrons. The second kappa shape index (κ2) is 12.5. The number of aliphatic carboxylic acids is 2. The van der Waals surface area contributed by atoms with Gasteiger partial charge in [0, 0.05) is 37.1 Å². The average molecular weight is 484 g/mol. The van der Waals surface area contributed by atoms with Crippen LogP contribution in [0.15, 0.2) is 47.1 Å². The molecule has 0 unspecified atom stereocenters. The van der Waals surface area contributed by atoms with E-state index in [0.29, 0.717) is 0 Å². The van der Waals surface area contributed by atoms with Crippen LogP contribution >= 0.6 is 0 Å². The van der Waals surface area contributed by atoms with Gasteiger partial charge in [-0.1, -0.05) is 25.1 Å². The van der Waals surface area contributed by atoms with Crippen molar-refractivity contribution in [2.75, 3.05) is 50.8 Å². The molecule has 1 fully saturated rings. The molecule has 0 atom stereocenters. The number of hydrogen-bond acceptors (Lipinski definition) is 8. The van der Waals surface area contributed by atoms with Gasteiger partial charge in [-0.05, 0) is 36.9 Å². The molecule has 3 N–H and O–H groups in total. The van der Waals surface area contributed by atoms with Crippen molar-refractivity contribution in [1.29, 1.82) is 0 Å². The van der Waals surface area contributed by atoms with Crippen LogP contribution in [0.3, 0.4) is 0 Å². The molecule has 3 heterocycles. The molecule has 3 aromatic rings. The van der Waals surface area contributed by atoms with E-state index in [-0.39, 0.29) is 13.2 Å². The van der Waals surface area contributed by atoms with Gasteiger partial charge >= 0.3 is 11.9 Å². The van der Waals surface area contributed by atoms with Crippen LogP contribution in [0.2, 0.25) is 0 Å². The van der Waals surface area contributed by atoms with Gasteiger partial charge in [-0.25, -0.2) is 14.6 Å². The number of likely N-dealkylation sites (N-methyl/N-ethyl adjacent to an activating group) is 1. The van der Waals surface area contributed by atoms with E-state index in [0.717, 1.165) is 66.5 Å². The highest BCUT2D eigenvalue weighted by atomic mass is 16.5. The molecule has 1 aliphatic heterocycles. The Bertz CT molecular complexity index is 1150. The first-order valence-corrected chi connectivity index (χ1v) is 11.3. The minimum absolute atomic E-state index is 0.00852. The molecule has 10 nitrogen and oxygen atoms in total. The van der Waals surface area contributed by atoms with Crippen LogP contribution in [0.25, 0.3) is 23.1 Å². The molecular formula is C25H29N3O7. The number of nitrogens with zero attached hydrogens (tertiary/aromatic N) is 3. The highest BCUT2D eigenvalue weighted by Crippen LogP contribution is 2.29. The molecule has 0 spiro atoms. The van der Waals surface area contributed by atoms with Gasteiger partial charge in [-0.3, -0.25) is 0 Å². The van der Waals surface area contributed by atoms with Crippen LogP contribution in [0.5, 0.6) is 5.75 Å². The summed E-state index contributed by atoms with van der Waals surface area (Å²) in [6, 6.07) is 11.8. The van der Waals surface area contributed by atoms with E-state index in [4.69, 9.17) is 39.0 Å². The lowest BCUT2D eigenvalue weighted by Crippen LogP contribution is -2.46. The summed E-state index contributed by atoms with van der Waals surface area (Å²) in [5, 5.41) is 24.9. The van der Waals surface area contributed by atoms with Crippen LogP contribution in [-0.4, -0.2) is 83.1 Å².